The van der Waals surface area contributed by atoms with Gasteiger partial charge >= 0.3 is 0 Å². The van der Waals surface area contributed by atoms with Crippen LogP contribution in [0.4, 0.5) is 0 Å². The lowest BCUT2D eigenvalue weighted by Crippen LogP contribution is -2.53. The van der Waals surface area contributed by atoms with Crippen LogP contribution in [0.25, 0.3) is 0 Å². The van der Waals surface area contributed by atoms with Crippen LogP contribution in [-0.4, -0.2) is 36.1 Å². The molecule has 2 rings (SSSR count). The molecule has 0 heterocycles. The Kier molecular flexibility index (Phi) is 8.50. The fraction of sp³-hybridized carbons (Fsp3) is 0.550. The van der Waals surface area contributed by atoms with E-state index >= 15 is 0 Å². The average Bonchev–Trinajstić information content (AvgIpc) is 2.68. The molecule has 0 radical (unpaired) electrons. The van der Waals surface area contributed by atoms with Gasteiger partial charge in [0.05, 0.1) is 18.7 Å². The average molecular weight is 407 g/mol. The Hall–Kier alpha value is -2.35. The number of benzene rings is 1. The highest BCUT2D eigenvalue weighted by molar-refractivity contribution is 7.80. The van der Waals surface area contributed by atoms with E-state index in [9.17, 15) is 9.59 Å². The molecule has 3 atom stereocenters. The van der Waals surface area contributed by atoms with Gasteiger partial charge in [0, 0.05) is 6.04 Å². The summed E-state index contributed by atoms with van der Waals surface area (Å²) in [6.07, 6.45) is 3.48. The highest BCUT2D eigenvalue weighted by Crippen LogP contribution is 2.29. The van der Waals surface area contributed by atoms with Gasteiger partial charge < -0.3 is 15.4 Å². The van der Waals surface area contributed by atoms with Crippen LogP contribution in [0.3, 0.4) is 0 Å². The van der Waals surface area contributed by atoms with Gasteiger partial charge in [-0.3, -0.25) is 20.4 Å². The van der Waals surface area contributed by atoms with Crippen molar-refractivity contribution in [2.45, 2.75) is 46.1 Å². The molecule has 1 saturated carbocycles. The summed E-state index contributed by atoms with van der Waals surface area (Å²) < 4.78 is 5.43. The molecule has 0 spiro atoms. The molecule has 1 aliphatic carbocycles. The topological polar surface area (TPSA) is 91.5 Å². The van der Waals surface area contributed by atoms with Crippen molar-refractivity contribution in [3.63, 3.8) is 0 Å². The van der Waals surface area contributed by atoms with Crippen LogP contribution < -0.4 is 26.2 Å². The number of nitrogens with one attached hydrogen (secondary N) is 4. The maximum Gasteiger partial charge on any atom is 0.257 e. The zero-order valence-corrected chi connectivity index (χ0v) is 17.5. The van der Waals surface area contributed by atoms with E-state index < -0.39 is 5.91 Å². The fourth-order valence-corrected chi connectivity index (χ4v) is 3.55. The van der Waals surface area contributed by atoms with Crippen LogP contribution in [0, 0.1) is 11.8 Å². The van der Waals surface area contributed by atoms with Crippen molar-refractivity contribution in [3.05, 3.63) is 29.8 Å². The van der Waals surface area contributed by atoms with Crippen molar-refractivity contribution in [2.24, 2.45) is 11.8 Å². The van der Waals surface area contributed by atoms with Crippen LogP contribution in [0.2, 0.25) is 0 Å². The first-order chi connectivity index (χ1) is 13.4. The molecule has 0 saturated heterocycles. The maximum absolute atomic E-state index is 12.3. The number of para-hydroxylation sites is 1. The van der Waals surface area contributed by atoms with Gasteiger partial charge in [0.1, 0.15) is 5.75 Å². The summed E-state index contributed by atoms with van der Waals surface area (Å²) in [5, 5.41) is 6.23. The van der Waals surface area contributed by atoms with Crippen LogP contribution in [-0.2, 0) is 4.79 Å². The van der Waals surface area contributed by atoms with E-state index in [2.05, 4.69) is 35.3 Å². The third-order valence-electron chi connectivity index (χ3n) is 5.18. The monoisotopic (exact) mass is 406 g/mol. The first kappa shape index (κ1) is 21.9. The largest absolute Gasteiger partial charge is 0.493 e. The highest BCUT2D eigenvalue weighted by atomic mass is 32.1. The van der Waals surface area contributed by atoms with Crippen LogP contribution >= 0.6 is 12.2 Å². The normalized spacial score (nSPS) is 21.3. The van der Waals surface area contributed by atoms with Crippen molar-refractivity contribution >= 4 is 29.1 Å². The Morgan fingerprint density at radius 1 is 1.18 bits per heavy atom. The minimum absolute atomic E-state index is 0.175. The summed E-state index contributed by atoms with van der Waals surface area (Å²) in [7, 11) is 0. The van der Waals surface area contributed by atoms with Gasteiger partial charge in [-0.25, -0.2) is 0 Å². The molecule has 0 aliphatic heterocycles. The second-order valence-corrected chi connectivity index (χ2v) is 7.54. The smallest absolute Gasteiger partial charge is 0.257 e. The van der Waals surface area contributed by atoms with E-state index in [1.165, 1.54) is 12.8 Å². The van der Waals surface area contributed by atoms with Crippen molar-refractivity contribution in [1.82, 2.24) is 21.5 Å². The van der Waals surface area contributed by atoms with Crippen LogP contribution in [0.5, 0.6) is 5.75 Å². The Balaban J connectivity index is 1.74. The first-order valence-electron chi connectivity index (χ1n) is 9.77. The Bertz CT molecular complexity index is 698. The molecule has 1 aliphatic rings. The number of carbonyl (C=O) groups excluding carboxylic acids is 2. The molecule has 7 nitrogen and oxygen atoms in total. The molecular weight excluding hydrogens is 376 g/mol. The second kappa shape index (κ2) is 10.8. The maximum atomic E-state index is 12.3. The molecule has 0 aromatic heterocycles. The molecule has 0 unspecified atom stereocenters. The van der Waals surface area contributed by atoms with Crippen molar-refractivity contribution in [2.75, 3.05) is 13.2 Å². The van der Waals surface area contributed by atoms with Gasteiger partial charge in [0.15, 0.2) is 5.11 Å². The zero-order valence-electron chi connectivity index (χ0n) is 16.7. The van der Waals surface area contributed by atoms with Crippen LogP contribution in [0.15, 0.2) is 24.3 Å². The van der Waals surface area contributed by atoms with Gasteiger partial charge in [0.2, 0.25) is 0 Å². The lowest BCUT2D eigenvalue weighted by atomic mass is 9.78. The number of ether oxygens (including phenoxy) is 1. The summed E-state index contributed by atoms with van der Waals surface area (Å²) in [4.78, 5) is 24.3. The number of hydrogen-bond donors (Lipinski definition) is 4. The lowest BCUT2D eigenvalue weighted by molar-refractivity contribution is -0.120. The number of hydrogen-bond acceptors (Lipinski definition) is 4. The molecular formula is C20H30N4O3S. The summed E-state index contributed by atoms with van der Waals surface area (Å²) >= 11 is 5.26. The first-order valence-corrected chi connectivity index (χ1v) is 10.2. The lowest BCUT2D eigenvalue weighted by Gasteiger charge is -2.35. The second-order valence-electron chi connectivity index (χ2n) is 7.13. The molecule has 1 fully saturated rings. The number of thiocarbonyl (C=S) groups is 1. The number of rotatable bonds is 6. The molecule has 4 N–H and O–H groups in total. The van der Waals surface area contributed by atoms with Gasteiger partial charge in [-0.1, -0.05) is 38.8 Å². The third kappa shape index (κ3) is 6.37. The van der Waals surface area contributed by atoms with Crippen molar-refractivity contribution < 1.29 is 14.3 Å². The number of hydrazine groups is 1. The molecule has 28 heavy (non-hydrogen) atoms. The molecule has 2 amide bonds. The fourth-order valence-electron chi connectivity index (χ4n) is 3.35. The standard InChI is InChI=1S/C20H30N4O3S/c1-4-27-17-11-6-5-9-15(17)19(26)21-12-18(25)23-24-20(28)22-16-10-7-8-13(2)14(16)3/h5-6,9,11,13-14,16H,4,7-8,10,12H2,1-3H3,(H,21,26)(H,23,25)(H2,22,24,28)/t13-,14+,16-/m1/s1. The molecule has 8 heteroatoms. The molecule has 1 aromatic rings. The van der Waals surface area contributed by atoms with Crippen LogP contribution in [0.1, 0.15) is 50.4 Å². The number of amides is 2. The Morgan fingerprint density at radius 2 is 1.93 bits per heavy atom. The summed E-state index contributed by atoms with van der Waals surface area (Å²) in [6.45, 7) is 6.60. The summed E-state index contributed by atoms with van der Waals surface area (Å²) in [5.41, 5.74) is 5.60. The molecule has 0 bridgehead atoms. The van der Waals surface area contributed by atoms with Crippen molar-refractivity contribution in [3.8, 4) is 5.75 Å². The van der Waals surface area contributed by atoms with E-state index in [-0.39, 0.29) is 12.5 Å². The van der Waals surface area contributed by atoms with E-state index in [0.717, 1.165) is 6.42 Å². The van der Waals surface area contributed by atoms with Gasteiger partial charge in [-0.2, -0.15) is 0 Å². The minimum atomic E-state index is -0.392. The highest BCUT2D eigenvalue weighted by Gasteiger charge is 2.27. The summed E-state index contributed by atoms with van der Waals surface area (Å²) in [6, 6.07) is 7.21. The van der Waals surface area contributed by atoms with E-state index in [0.29, 0.717) is 40.9 Å². The minimum Gasteiger partial charge on any atom is -0.493 e. The number of carbonyl (C=O) groups is 2. The molecule has 154 valence electrons. The van der Waals surface area contributed by atoms with Gasteiger partial charge in [-0.15, -0.1) is 0 Å². The summed E-state index contributed by atoms with van der Waals surface area (Å²) in [5.74, 6) is 0.899. The predicted molar refractivity (Wildman–Crippen MR) is 113 cm³/mol. The Morgan fingerprint density at radius 3 is 2.68 bits per heavy atom. The third-order valence-corrected chi connectivity index (χ3v) is 5.40. The van der Waals surface area contributed by atoms with Crippen molar-refractivity contribution in [1.29, 1.82) is 0 Å². The van der Waals surface area contributed by atoms with E-state index in [1.54, 1.807) is 24.3 Å². The molecule has 1 aromatic carbocycles. The quantitative estimate of drug-likeness (QED) is 0.427. The van der Waals surface area contributed by atoms with E-state index in [4.69, 9.17) is 17.0 Å². The Labute approximate surface area is 171 Å². The van der Waals surface area contributed by atoms with Gasteiger partial charge in [0.25, 0.3) is 11.8 Å². The van der Waals surface area contributed by atoms with E-state index in [1.807, 2.05) is 6.92 Å². The SMILES string of the molecule is CCOc1ccccc1C(=O)NCC(=O)NNC(=S)N[C@@H]1CCC[C@@H](C)[C@@H]1C. The zero-order chi connectivity index (χ0) is 20.5. The van der Waals surface area contributed by atoms with Gasteiger partial charge in [-0.05, 0) is 49.5 Å². The predicted octanol–water partition coefficient (Wildman–Crippen LogP) is 2.14.